The molecule has 0 saturated carbocycles. The van der Waals surface area contributed by atoms with Gasteiger partial charge in [-0.1, -0.05) is 0 Å². The van der Waals surface area contributed by atoms with Crippen LogP contribution in [-0.2, 0) is 0 Å². The van der Waals surface area contributed by atoms with Crippen LogP contribution in [0, 0.1) is 6.92 Å². The summed E-state index contributed by atoms with van der Waals surface area (Å²) in [6.45, 7) is 8.54. The molecule has 1 saturated heterocycles. The molecular formula is C22H28N8. The van der Waals surface area contributed by atoms with Gasteiger partial charge < -0.3 is 19.8 Å². The van der Waals surface area contributed by atoms with Gasteiger partial charge in [-0.15, -0.1) is 0 Å². The Morgan fingerprint density at radius 2 is 1.93 bits per heavy atom. The zero-order chi connectivity index (χ0) is 20.8. The molecular weight excluding hydrogens is 376 g/mol. The van der Waals surface area contributed by atoms with Gasteiger partial charge in [0.2, 0.25) is 5.95 Å². The number of fused-ring (bicyclic) bond motifs is 2. The Balaban J connectivity index is 1.47. The van der Waals surface area contributed by atoms with E-state index in [0.717, 1.165) is 65.2 Å². The van der Waals surface area contributed by atoms with Crippen molar-refractivity contribution in [3.63, 3.8) is 0 Å². The number of hydrogen-bond donors (Lipinski definition) is 2. The van der Waals surface area contributed by atoms with Crippen LogP contribution in [0.15, 0.2) is 24.5 Å². The molecule has 0 radical (unpaired) electrons. The van der Waals surface area contributed by atoms with Gasteiger partial charge in [-0.25, -0.2) is 15.0 Å². The van der Waals surface area contributed by atoms with Crippen LogP contribution >= 0.6 is 0 Å². The molecule has 2 N–H and O–H groups in total. The lowest BCUT2D eigenvalue weighted by Gasteiger charge is -2.29. The first-order valence-electron chi connectivity index (χ1n) is 10.6. The second-order valence-corrected chi connectivity index (χ2v) is 8.54. The first-order valence-corrected chi connectivity index (χ1v) is 10.6. The van der Waals surface area contributed by atoms with Crippen LogP contribution < -0.4 is 5.32 Å². The number of imidazole rings is 1. The molecule has 0 aliphatic carbocycles. The van der Waals surface area contributed by atoms with Crippen LogP contribution in [0.2, 0.25) is 0 Å². The van der Waals surface area contributed by atoms with Gasteiger partial charge in [0.15, 0.2) is 5.65 Å². The molecule has 1 fully saturated rings. The molecule has 30 heavy (non-hydrogen) atoms. The molecule has 1 aliphatic rings. The van der Waals surface area contributed by atoms with Crippen LogP contribution in [-0.4, -0.2) is 60.6 Å². The van der Waals surface area contributed by atoms with E-state index in [-0.39, 0.29) is 0 Å². The second-order valence-electron chi connectivity index (χ2n) is 8.54. The molecule has 4 aromatic heterocycles. The Morgan fingerprint density at radius 1 is 1.13 bits per heavy atom. The minimum atomic E-state index is 0.303. The molecule has 1 aliphatic heterocycles. The van der Waals surface area contributed by atoms with Crippen molar-refractivity contribution in [2.24, 2.45) is 0 Å². The summed E-state index contributed by atoms with van der Waals surface area (Å²) in [4.78, 5) is 24.5. The number of aromatic amines is 1. The van der Waals surface area contributed by atoms with Gasteiger partial charge in [0.25, 0.3) is 0 Å². The van der Waals surface area contributed by atoms with Crippen LogP contribution in [0.5, 0.6) is 0 Å². The van der Waals surface area contributed by atoms with Crippen LogP contribution in [0.1, 0.15) is 38.6 Å². The minimum absolute atomic E-state index is 0.303. The molecule has 0 spiro atoms. The maximum absolute atomic E-state index is 4.94. The summed E-state index contributed by atoms with van der Waals surface area (Å²) in [7, 11) is 2.17. The average Bonchev–Trinajstić information content (AvgIpc) is 3.28. The van der Waals surface area contributed by atoms with Crippen molar-refractivity contribution in [2.45, 2.75) is 45.7 Å². The normalized spacial score (nSPS) is 16.2. The van der Waals surface area contributed by atoms with E-state index in [0.29, 0.717) is 18.0 Å². The fraction of sp³-hybridized carbons (Fsp3) is 0.455. The zero-order valence-electron chi connectivity index (χ0n) is 18.0. The third kappa shape index (κ3) is 3.31. The van der Waals surface area contributed by atoms with Gasteiger partial charge in [0.1, 0.15) is 17.0 Å². The van der Waals surface area contributed by atoms with Crippen LogP contribution in [0.3, 0.4) is 0 Å². The quantitative estimate of drug-likeness (QED) is 0.538. The number of piperidine rings is 1. The molecule has 0 atom stereocenters. The molecule has 0 amide bonds. The van der Waals surface area contributed by atoms with Crippen molar-refractivity contribution in [1.29, 1.82) is 0 Å². The number of pyridine rings is 1. The topological polar surface area (TPSA) is 87.6 Å². The molecule has 0 unspecified atom stereocenters. The van der Waals surface area contributed by atoms with Crippen molar-refractivity contribution in [2.75, 3.05) is 25.5 Å². The smallest absolute Gasteiger partial charge is 0.224 e. The standard InChI is InChI=1S/C22H28N8/c1-13(2)30-14(3)25-19-6-5-18(27-21(19)30)16-11-23-20-17(16)12-24-22(28-20)26-15-7-9-29(4)10-8-15/h5-6,11-13,15H,7-10H2,1-4H3,(H2,23,24,26,28). The van der Waals surface area contributed by atoms with Gasteiger partial charge in [0.05, 0.1) is 5.69 Å². The highest BCUT2D eigenvalue weighted by Crippen LogP contribution is 2.29. The Morgan fingerprint density at radius 3 is 2.70 bits per heavy atom. The Kier molecular flexibility index (Phi) is 4.66. The lowest BCUT2D eigenvalue weighted by Crippen LogP contribution is -2.37. The number of nitrogens with one attached hydrogen (secondary N) is 2. The third-order valence-electron chi connectivity index (χ3n) is 5.99. The Bertz CT molecular complexity index is 1200. The maximum atomic E-state index is 4.94. The van der Waals surface area contributed by atoms with E-state index >= 15 is 0 Å². The molecule has 156 valence electrons. The number of hydrogen-bond acceptors (Lipinski definition) is 6. The van der Waals surface area contributed by atoms with E-state index in [2.05, 4.69) is 50.6 Å². The van der Waals surface area contributed by atoms with Gasteiger partial charge in [-0.2, -0.15) is 4.98 Å². The number of anilines is 1. The maximum Gasteiger partial charge on any atom is 0.224 e. The molecule has 4 aromatic rings. The molecule has 5 rings (SSSR count). The Hall–Kier alpha value is -3.00. The zero-order valence-corrected chi connectivity index (χ0v) is 18.0. The van der Waals surface area contributed by atoms with Gasteiger partial charge in [-0.3, -0.25) is 0 Å². The molecule has 0 aromatic carbocycles. The predicted octanol–water partition coefficient (Wildman–Crippen LogP) is 3.77. The average molecular weight is 405 g/mol. The summed E-state index contributed by atoms with van der Waals surface area (Å²) in [5.74, 6) is 1.67. The first-order chi connectivity index (χ1) is 14.5. The van der Waals surface area contributed by atoms with Crippen molar-refractivity contribution in [3.05, 3.63) is 30.4 Å². The number of nitrogens with zero attached hydrogens (tertiary/aromatic N) is 6. The summed E-state index contributed by atoms with van der Waals surface area (Å²) >= 11 is 0. The highest BCUT2D eigenvalue weighted by Gasteiger charge is 2.19. The largest absolute Gasteiger partial charge is 0.351 e. The van der Waals surface area contributed by atoms with E-state index in [1.54, 1.807) is 0 Å². The van der Waals surface area contributed by atoms with Gasteiger partial charge in [-0.05, 0) is 65.9 Å². The monoisotopic (exact) mass is 404 g/mol. The first kappa shape index (κ1) is 19.0. The van der Waals surface area contributed by atoms with E-state index in [4.69, 9.17) is 9.97 Å². The Labute approximate surface area is 175 Å². The van der Waals surface area contributed by atoms with Gasteiger partial charge >= 0.3 is 0 Å². The van der Waals surface area contributed by atoms with Crippen molar-refractivity contribution in [3.8, 4) is 11.3 Å². The minimum Gasteiger partial charge on any atom is -0.351 e. The fourth-order valence-electron chi connectivity index (χ4n) is 4.38. The molecule has 8 nitrogen and oxygen atoms in total. The van der Waals surface area contributed by atoms with E-state index in [1.165, 1.54) is 0 Å². The van der Waals surface area contributed by atoms with Crippen molar-refractivity contribution in [1.82, 2.24) is 34.4 Å². The summed E-state index contributed by atoms with van der Waals surface area (Å²) in [5.41, 5.74) is 4.56. The number of H-pyrrole nitrogens is 1. The lowest BCUT2D eigenvalue weighted by molar-refractivity contribution is 0.263. The lowest BCUT2D eigenvalue weighted by atomic mass is 10.1. The summed E-state index contributed by atoms with van der Waals surface area (Å²) < 4.78 is 2.17. The van der Waals surface area contributed by atoms with E-state index in [1.807, 2.05) is 31.5 Å². The fourth-order valence-corrected chi connectivity index (χ4v) is 4.38. The molecule has 0 bridgehead atoms. The molecule has 8 heteroatoms. The molecule has 5 heterocycles. The highest BCUT2D eigenvalue weighted by molar-refractivity contribution is 5.93. The SMILES string of the molecule is Cc1nc2ccc(-c3c[nH]c4nc(NC5CCN(C)CC5)ncc34)nc2n1C(C)C. The van der Waals surface area contributed by atoms with E-state index in [9.17, 15) is 0 Å². The predicted molar refractivity (Wildman–Crippen MR) is 120 cm³/mol. The van der Waals surface area contributed by atoms with Gasteiger partial charge in [0, 0.05) is 35.4 Å². The van der Waals surface area contributed by atoms with Crippen molar-refractivity contribution < 1.29 is 0 Å². The number of aromatic nitrogens is 6. The van der Waals surface area contributed by atoms with E-state index < -0.39 is 0 Å². The second kappa shape index (κ2) is 7.36. The van der Waals surface area contributed by atoms with Crippen LogP contribution in [0.25, 0.3) is 33.5 Å². The summed E-state index contributed by atoms with van der Waals surface area (Å²) in [6, 6.07) is 4.79. The van der Waals surface area contributed by atoms with Crippen molar-refractivity contribution >= 4 is 28.1 Å². The third-order valence-corrected chi connectivity index (χ3v) is 5.99. The summed E-state index contributed by atoms with van der Waals surface area (Å²) in [6.07, 6.45) is 6.08. The number of aryl methyl sites for hydroxylation is 1. The number of likely N-dealkylation sites (tertiary alicyclic amines) is 1. The summed E-state index contributed by atoms with van der Waals surface area (Å²) in [5, 5.41) is 4.47. The highest BCUT2D eigenvalue weighted by atomic mass is 15.2. The van der Waals surface area contributed by atoms with Crippen LogP contribution in [0.4, 0.5) is 5.95 Å². The number of rotatable bonds is 4.